The Balaban J connectivity index is 2.85. The van der Waals surface area contributed by atoms with Gasteiger partial charge in [0, 0.05) is 40.9 Å². The number of ether oxygens (including phenoxy) is 2. The van der Waals surface area contributed by atoms with E-state index in [1.165, 1.54) is 0 Å². The Bertz CT molecular complexity index is 346. The molecule has 1 N–H and O–H groups in total. The molecule has 0 unspecified atom stereocenters. The molecular weight excluding hydrogens is 220 g/mol. The number of hydrogen-bond donors (Lipinski definition) is 1. The summed E-state index contributed by atoms with van der Waals surface area (Å²) in [5.74, 6) is 2.30. The van der Waals surface area contributed by atoms with Crippen molar-refractivity contribution in [1.29, 1.82) is 0 Å². The number of anilines is 2. The molecule has 1 aromatic heterocycles. The van der Waals surface area contributed by atoms with Gasteiger partial charge in [-0.3, -0.25) is 0 Å². The van der Waals surface area contributed by atoms with E-state index in [9.17, 15) is 0 Å². The van der Waals surface area contributed by atoms with Crippen LogP contribution in [-0.2, 0) is 16.1 Å². The summed E-state index contributed by atoms with van der Waals surface area (Å²) in [5.41, 5.74) is 0. The van der Waals surface area contributed by atoms with Crippen molar-refractivity contribution in [3.8, 4) is 0 Å². The van der Waals surface area contributed by atoms with Crippen LogP contribution in [0.1, 0.15) is 5.82 Å². The van der Waals surface area contributed by atoms with Crippen LogP contribution in [0, 0.1) is 0 Å². The predicted molar refractivity (Wildman–Crippen MR) is 67.4 cm³/mol. The lowest BCUT2D eigenvalue weighted by Gasteiger charge is -2.18. The quantitative estimate of drug-likeness (QED) is 0.759. The minimum Gasteiger partial charge on any atom is -0.383 e. The first-order valence-electron chi connectivity index (χ1n) is 5.46. The Kier molecular flexibility index (Phi) is 5.65. The van der Waals surface area contributed by atoms with Crippen LogP contribution in [0.4, 0.5) is 11.6 Å². The maximum atomic E-state index is 5.05. The molecule has 0 aromatic carbocycles. The molecule has 0 amide bonds. The Morgan fingerprint density at radius 3 is 2.65 bits per heavy atom. The standard InChI is InChI=1S/C11H20N4O2/c1-12-9-7-11(15(2)5-6-16-3)14-10(13-9)8-17-4/h7H,5-6,8H2,1-4H3,(H,12,13,14). The summed E-state index contributed by atoms with van der Waals surface area (Å²) >= 11 is 0. The van der Waals surface area contributed by atoms with Crippen LogP contribution < -0.4 is 10.2 Å². The molecule has 0 aliphatic rings. The molecule has 0 spiro atoms. The molecule has 0 saturated heterocycles. The predicted octanol–water partition coefficient (Wildman–Crippen LogP) is 0.747. The second kappa shape index (κ2) is 7.03. The van der Waals surface area contributed by atoms with Gasteiger partial charge in [0.2, 0.25) is 0 Å². The van der Waals surface area contributed by atoms with Crippen molar-refractivity contribution in [3.05, 3.63) is 11.9 Å². The van der Waals surface area contributed by atoms with Gasteiger partial charge in [-0.2, -0.15) is 0 Å². The molecule has 17 heavy (non-hydrogen) atoms. The highest BCUT2D eigenvalue weighted by Gasteiger charge is 2.07. The highest BCUT2D eigenvalue weighted by Crippen LogP contribution is 2.14. The van der Waals surface area contributed by atoms with E-state index in [0.29, 0.717) is 19.0 Å². The lowest BCUT2D eigenvalue weighted by atomic mass is 10.4. The molecule has 0 saturated carbocycles. The third-order valence-corrected chi connectivity index (χ3v) is 2.31. The Morgan fingerprint density at radius 2 is 2.06 bits per heavy atom. The number of nitrogens with zero attached hydrogens (tertiary/aromatic N) is 3. The minimum atomic E-state index is 0.403. The summed E-state index contributed by atoms with van der Waals surface area (Å²) in [6.45, 7) is 1.85. The lowest BCUT2D eigenvalue weighted by molar-refractivity contribution is 0.178. The zero-order chi connectivity index (χ0) is 12.7. The smallest absolute Gasteiger partial charge is 0.158 e. The van der Waals surface area contributed by atoms with Crippen molar-refractivity contribution in [2.75, 3.05) is 51.7 Å². The molecule has 0 atom stereocenters. The van der Waals surface area contributed by atoms with Crippen LogP contribution in [0.5, 0.6) is 0 Å². The molecule has 96 valence electrons. The van der Waals surface area contributed by atoms with Crippen molar-refractivity contribution in [3.63, 3.8) is 0 Å². The number of methoxy groups -OCH3 is 2. The average molecular weight is 240 g/mol. The van der Waals surface area contributed by atoms with Gasteiger partial charge in [-0.05, 0) is 0 Å². The second-order valence-electron chi connectivity index (χ2n) is 3.62. The van der Waals surface area contributed by atoms with E-state index in [2.05, 4.69) is 15.3 Å². The summed E-state index contributed by atoms with van der Waals surface area (Å²) in [7, 11) is 7.11. The SMILES string of the molecule is CNc1cc(N(C)CCOC)nc(COC)n1. The number of hydrogen-bond acceptors (Lipinski definition) is 6. The molecule has 1 heterocycles. The summed E-state index contributed by atoms with van der Waals surface area (Å²) < 4.78 is 10.1. The fourth-order valence-electron chi connectivity index (χ4n) is 1.34. The minimum absolute atomic E-state index is 0.403. The van der Waals surface area contributed by atoms with Crippen molar-refractivity contribution in [2.45, 2.75) is 6.61 Å². The highest BCUT2D eigenvalue weighted by molar-refractivity contribution is 5.48. The molecule has 1 aromatic rings. The van der Waals surface area contributed by atoms with Crippen molar-refractivity contribution >= 4 is 11.6 Å². The molecule has 0 aliphatic heterocycles. The van der Waals surface area contributed by atoms with Gasteiger partial charge in [0.1, 0.15) is 18.2 Å². The zero-order valence-corrected chi connectivity index (χ0v) is 10.9. The number of likely N-dealkylation sites (N-methyl/N-ethyl adjacent to an activating group) is 1. The molecule has 0 fully saturated rings. The fourth-order valence-corrected chi connectivity index (χ4v) is 1.34. The molecule has 6 heteroatoms. The average Bonchev–Trinajstić information content (AvgIpc) is 2.35. The first-order valence-corrected chi connectivity index (χ1v) is 5.46. The van der Waals surface area contributed by atoms with Crippen LogP contribution in [0.25, 0.3) is 0 Å². The van der Waals surface area contributed by atoms with Gasteiger partial charge in [-0.1, -0.05) is 0 Å². The van der Waals surface area contributed by atoms with Gasteiger partial charge >= 0.3 is 0 Å². The largest absolute Gasteiger partial charge is 0.383 e. The highest BCUT2D eigenvalue weighted by atomic mass is 16.5. The normalized spacial score (nSPS) is 10.4. The lowest BCUT2D eigenvalue weighted by Crippen LogP contribution is -2.24. The molecular formula is C11H20N4O2. The van der Waals surface area contributed by atoms with Gasteiger partial charge in [0.05, 0.1) is 6.61 Å². The van der Waals surface area contributed by atoms with Crippen LogP contribution in [-0.4, -0.2) is 51.4 Å². The van der Waals surface area contributed by atoms with Gasteiger partial charge < -0.3 is 19.7 Å². The van der Waals surface area contributed by atoms with E-state index >= 15 is 0 Å². The number of rotatable bonds is 7. The molecule has 0 aliphatic carbocycles. The van der Waals surface area contributed by atoms with Gasteiger partial charge in [0.25, 0.3) is 0 Å². The van der Waals surface area contributed by atoms with Crippen LogP contribution in [0.15, 0.2) is 6.07 Å². The van der Waals surface area contributed by atoms with Gasteiger partial charge in [-0.15, -0.1) is 0 Å². The van der Waals surface area contributed by atoms with E-state index in [0.717, 1.165) is 18.2 Å². The monoisotopic (exact) mass is 240 g/mol. The van der Waals surface area contributed by atoms with E-state index in [-0.39, 0.29) is 0 Å². The zero-order valence-electron chi connectivity index (χ0n) is 10.9. The van der Waals surface area contributed by atoms with Crippen LogP contribution in [0.3, 0.4) is 0 Å². The second-order valence-corrected chi connectivity index (χ2v) is 3.62. The summed E-state index contributed by atoms with van der Waals surface area (Å²) in [6.07, 6.45) is 0. The van der Waals surface area contributed by atoms with Gasteiger partial charge in [-0.25, -0.2) is 9.97 Å². The third kappa shape index (κ3) is 4.16. The van der Waals surface area contributed by atoms with E-state index in [4.69, 9.17) is 9.47 Å². The van der Waals surface area contributed by atoms with Gasteiger partial charge in [0.15, 0.2) is 5.82 Å². The Labute approximate surface area is 102 Å². The maximum absolute atomic E-state index is 5.05. The van der Waals surface area contributed by atoms with E-state index in [1.807, 2.05) is 25.1 Å². The molecule has 1 rings (SSSR count). The van der Waals surface area contributed by atoms with E-state index < -0.39 is 0 Å². The van der Waals surface area contributed by atoms with Crippen molar-refractivity contribution in [2.24, 2.45) is 0 Å². The topological polar surface area (TPSA) is 59.5 Å². The Morgan fingerprint density at radius 1 is 1.29 bits per heavy atom. The molecule has 0 bridgehead atoms. The summed E-state index contributed by atoms with van der Waals surface area (Å²) in [4.78, 5) is 10.7. The number of nitrogens with one attached hydrogen (secondary N) is 1. The molecule has 0 radical (unpaired) electrons. The summed E-state index contributed by atoms with van der Waals surface area (Å²) in [5, 5.41) is 3.01. The number of aromatic nitrogens is 2. The van der Waals surface area contributed by atoms with Crippen LogP contribution >= 0.6 is 0 Å². The van der Waals surface area contributed by atoms with Crippen LogP contribution in [0.2, 0.25) is 0 Å². The summed E-state index contributed by atoms with van der Waals surface area (Å²) in [6, 6.07) is 1.90. The molecule has 6 nitrogen and oxygen atoms in total. The Hall–Kier alpha value is -1.40. The first kappa shape index (κ1) is 13.7. The van der Waals surface area contributed by atoms with Crippen molar-refractivity contribution < 1.29 is 9.47 Å². The maximum Gasteiger partial charge on any atom is 0.158 e. The third-order valence-electron chi connectivity index (χ3n) is 2.31. The first-order chi connectivity index (χ1) is 8.21. The van der Waals surface area contributed by atoms with Crippen molar-refractivity contribution in [1.82, 2.24) is 9.97 Å². The fraction of sp³-hybridized carbons (Fsp3) is 0.636. The van der Waals surface area contributed by atoms with E-state index in [1.54, 1.807) is 14.2 Å².